The summed E-state index contributed by atoms with van der Waals surface area (Å²) in [5.74, 6) is -0.171. The van der Waals surface area contributed by atoms with Gasteiger partial charge in [0.05, 0.1) is 12.8 Å². The Morgan fingerprint density at radius 3 is 2.29 bits per heavy atom. The number of rotatable bonds is 6. The van der Waals surface area contributed by atoms with Crippen LogP contribution in [0.5, 0.6) is 0 Å². The number of hydrogen-bond acceptors (Lipinski definition) is 3. The first-order valence-electron chi connectivity index (χ1n) is 8.22. The summed E-state index contributed by atoms with van der Waals surface area (Å²) in [4.78, 5) is 11.9. The molecule has 1 amide bonds. The predicted octanol–water partition coefficient (Wildman–Crippen LogP) is 3.74. The normalized spacial score (nSPS) is 10.8. The van der Waals surface area contributed by atoms with E-state index >= 15 is 0 Å². The van der Waals surface area contributed by atoms with Gasteiger partial charge in [0, 0.05) is 5.69 Å². The first-order valence-corrected chi connectivity index (χ1v) is 8.22. The van der Waals surface area contributed by atoms with Crippen molar-refractivity contribution in [1.29, 1.82) is 0 Å². The van der Waals surface area contributed by atoms with E-state index in [1.165, 1.54) is 11.1 Å². The first kappa shape index (κ1) is 17.7. The van der Waals surface area contributed by atoms with Gasteiger partial charge in [-0.25, -0.2) is 5.43 Å². The van der Waals surface area contributed by atoms with Crippen LogP contribution in [0.1, 0.15) is 34.7 Å². The third kappa shape index (κ3) is 4.95. The molecule has 126 valence electrons. The van der Waals surface area contributed by atoms with Crippen molar-refractivity contribution in [2.24, 2.45) is 5.10 Å². The maximum Gasteiger partial charge on any atom is 0.259 e. The molecule has 2 aromatic rings. The Morgan fingerprint density at radius 2 is 1.71 bits per heavy atom. The number of nitrogens with zero attached hydrogens (tertiary/aromatic N) is 1. The predicted molar refractivity (Wildman–Crippen MR) is 101 cm³/mol. The Labute approximate surface area is 144 Å². The summed E-state index contributed by atoms with van der Waals surface area (Å²) < 4.78 is 0. The number of anilines is 1. The van der Waals surface area contributed by atoms with E-state index in [-0.39, 0.29) is 12.5 Å². The minimum absolute atomic E-state index is 0.171. The molecule has 0 aliphatic carbocycles. The van der Waals surface area contributed by atoms with Crippen molar-refractivity contribution >= 4 is 17.8 Å². The summed E-state index contributed by atoms with van der Waals surface area (Å²) in [6.45, 7) is 8.46. The van der Waals surface area contributed by atoms with E-state index in [9.17, 15) is 4.79 Å². The lowest BCUT2D eigenvalue weighted by atomic mass is 10.1. The van der Waals surface area contributed by atoms with Crippen LogP contribution in [0.15, 0.2) is 41.5 Å². The number of hydrogen-bond donors (Lipinski definition) is 2. The number of aryl methyl sites for hydroxylation is 4. The van der Waals surface area contributed by atoms with Crippen LogP contribution in [0.25, 0.3) is 0 Å². The van der Waals surface area contributed by atoms with Gasteiger partial charge in [-0.15, -0.1) is 0 Å². The topological polar surface area (TPSA) is 53.5 Å². The fourth-order valence-electron chi connectivity index (χ4n) is 2.69. The maximum absolute atomic E-state index is 11.9. The molecule has 2 rings (SSSR count). The molecule has 0 bridgehead atoms. The molecule has 0 aliphatic heterocycles. The minimum atomic E-state index is -0.171. The van der Waals surface area contributed by atoms with Crippen LogP contribution in [-0.4, -0.2) is 18.7 Å². The van der Waals surface area contributed by atoms with Crippen LogP contribution in [0, 0.1) is 20.8 Å². The molecule has 0 aliphatic rings. The number of amides is 1. The second-order valence-corrected chi connectivity index (χ2v) is 6.02. The molecule has 0 unspecified atom stereocenters. The van der Waals surface area contributed by atoms with E-state index < -0.39 is 0 Å². The monoisotopic (exact) mass is 323 g/mol. The van der Waals surface area contributed by atoms with Gasteiger partial charge in [-0.1, -0.05) is 48.9 Å². The Kier molecular flexibility index (Phi) is 6.13. The van der Waals surface area contributed by atoms with E-state index in [0.29, 0.717) is 0 Å². The third-order valence-corrected chi connectivity index (χ3v) is 3.89. The molecule has 2 aromatic carbocycles. The van der Waals surface area contributed by atoms with Gasteiger partial charge in [0.15, 0.2) is 0 Å². The van der Waals surface area contributed by atoms with Crippen molar-refractivity contribution in [1.82, 2.24) is 5.43 Å². The lowest BCUT2D eigenvalue weighted by Crippen LogP contribution is -2.26. The molecular formula is C20H25N3O. The Morgan fingerprint density at radius 1 is 1.08 bits per heavy atom. The molecule has 24 heavy (non-hydrogen) atoms. The Bertz CT molecular complexity index is 710. The second kappa shape index (κ2) is 8.29. The average Bonchev–Trinajstić information content (AvgIpc) is 2.54. The minimum Gasteiger partial charge on any atom is -0.376 e. The van der Waals surface area contributed by atoms with Gasteiger partial charge >= 0.3 is 0 Å². The van der Waals surface area contributed by atoms with E-state index in [2.05, 4.69) is 54.0 Å². The fraction of sp³-hybridized carbons (Fsp3) is 0.300. The number of benzene rings is 2. The van der Waals surface area contributed by atoms with Gasteiger partial charge in [-0.2, -0.15) is 5.10 Å². The van der Waals surface area contributed by atoms with Crippen LogP contribution in [0.4, 0.5) is 5.69 Å². The zero-order valence-electron chi connectivity index (χ0n) is 14.8. The zero-order chi connectivity index (χ0) is 17.5. The number of carbonyl (C=O) groups is 1. The fourth-order valence-corrected chi connectivity index (χ4v) is 2.69. The summed E-state index contributed by atoms with van der Waals surface area (Å²) in [6, 6.07) is 12.3. The van der Waals surface area contributed by atoms with Gasteiger partial charge in [-0.3, -0.25) is 4.79 Å². The van der Waals surface area contributed by atoms with E-state index in [1.54, 1.807) is 6.21 Å². The number of nitrogens with one attached hydrogen (secondary N) is 2. The molecule has 0 aromatic heterocycles. The molecule has 2 N–H and O–H groups in total. The lowest BCUT2D eigenvalue weighted by molar-refractivity contribution is -0.119. The van der Waals surface area contributed by atoms with Gasteiger partial charge < -0.3 is 5.32 Å². The largest absolute Gasteiger partial charge is 0.376 e. The van der Waals surface area contributed by atoms with Crippen LogP contribution < -0.4 is 10.7 Å². The van der Waals surface area contributed by atoms with Crippen molar-refractivity contribution in [2.75, 3.05) is 11.9 Å². The molecular weight excluding hydrogens is 298 g/mol. The van der Waals surface area contributed by atoms with Crippen molar-refractivity contribution in [2.45, 2.75) is 34.1 Å². The number of carbonyl (C=O) groups excluding carboxylic acids is 1. The summed E-state index contributed by atoms with van der Waals surface area (Å²) in [5, 5.41) is 7.19. The van der Waals surface area contributed by atoms with Crippen LogP contribution in [-0.2, 0) is 11.2 Å². The van der Waals surface area contributed by atoms with E-state index in [4.69, 9.17) is 0 Å². The molecule has 0 saturated heterocycles. The molecule has 0 heterocycles. The van der Waals surface area contributed by atoms with Crippen LogP contribution in [0.3, 0.4) is 0 Å². The van der Waals surface area contributed by atoms with Crippen molar-refractivity contribution in [3.63, 3.8) is 0 Å². The van der Waals surface area contributed by atoms with Gasteiger partial charge in [0.25, 0.3) is 5.91 Å². The highest BCUT2D eigenvalue weighted by Gasteiger charge is 2.05. The van der Waals surface area contributed by atoms with Crippen LogP contribution in [0.2, 0.25) is 0 Å². The highest BCUT2D eigenvalue weighted by molar-refractivity contribution is 5.84. The van der Waals surface area contributed by atoms with Crippen molar-refractivity contribution in [3.8, 4) is 0 Å². The molecule has 0 spiro atoms. The highest BCUT2D eigenvalue weighted by Crippen LogP contribution is 2.21. The SMILES string of the molecule is CCc1ccc(/C=N\NC(=O)CNc2c(C)cc(C)cc2C)cc1. The highest BCUT2D eigenvalue weighted by atomic mass is 16.2. The van der Waals surface area contributed by atoms with E-state index in [0.717, 1.165) is 28.8 Å². The molecule has 4 heteroatoms. The Hall–Kier alpha value is -2.62. The second-order valence-electron chi connectivity index (χ2n) is 6.02. The van der Waals surface area contributed by atoms with Crippen molar-refractivity contribution < 1.29 is 4.79 Å². The van der Waals surface area contributed by atoms with Gasteiger partial charge in [0.1, 0.15) is 0 Å². The third-order valence-electron chi connectivity index (χ3n) is 3.89. The average molecular weight is 323 g/mol. The molecule has 0 radical (unpaired) electrons. The first-order chi connectivity index (χ1) is 11.5. The smallest absolute Gasteiger partial charge is 0.259 e. The zero-order valence-corrected chi connectivity index (χ0v) is 14.8. The van der Waals surface area contributed by atoms with Crippen LogP contribution >= 0.6 is 0 Å². The Balaban J connectivity index is 1.86. The van der Waals surface area contributed by atoms with Gasteiger partial charge in [-0.05, 0) is 49.4 Å². The lowest BCUT2D eigenvalue weighted by Gasteiger charge is -2.13. The number of hydrazone groups is 1. The van der Waals surface area contributed by atoms with E-state index in [1.807, 2.05) is 26.0 Å². The molecule has 4 nitrogen and oxygen atoms in total. The summed E-state index contributed by atoms with van der Waals surface area (Å²) >= 11 is 0. The molecule has 0 atom stereocenters. The summed E-state index contributed by atoms with van der Waals surface area (Å²) in [7, 11) is 0. The maximum atomic E-state index is 11.9. The summed E-state index contributed by atoms with van der Waals surface area (Å²) in [5.41, 5.74) is 9.30. The summed E-state index contributed by atoms with van der Waals surface area (Å²) in [6.07, 6.45) is 2.66. The standard InChI is InChI=1S/C20H25N3O/c1-5-17-6-8-18(9-7-17)12-22-23-19(24)13-21-20-15(3)10-14(2)11-16(20)4/h6-12,21H,5,13H2,1-4H3,(H,23,24)/b22-12-. The molecule has 0 fully saturated rings. The quantitative estimate of drug-likeness (QED) is 0.628. The van der Waals surface area contributed by atoms with Gasteiger partial charge in [0.2, 0.25) is 0 Å². The van der Waals surface area contributed by atoms with Crippen molar-refractivity contribution in [3.05, 3.63) is 64.2 Å². The molecule has 0 saturated carbocycles.